The number of benzene rings is 2. The third kappa shape index (κ3) is 5.37. The second-order valence-corrected chi connectivity index (χ2v) is 13.8. The number of H-pyrrole nitrogens is 2. The van der Waals surface area contributed by atoms with E-state index in [9.17, 15) is 19.2 Å². The fraction of sp³-hybridized carbons (Fsp3) is 0.444. The summed E-state index contributed by atoms with van der Waals surface area (Å²) < 4.78 is 0. The zero-order chi connectivity index (χ0) is 33.2. The summed E-state index contributed by atoms with van der Waals surface area (Å²) in [6, 6.07) is 11.4. The third-order valence-electron chi connectivity index (χ3n) is 10.2. The molecule has 2 saturated heterocycles. The zero-order valence-electron chi connectivity index (χ0n) is 27.1. The van der Waals surface area contributed by atoms with E-state index < -0.39 is 11.1 Å². The molecule has 4 fully saturated rings. The van der Waals surface area contributed by atoms with Gasteiger partial charge in [-0.05, 0) is 87.8 Å². The van der Waals surface area contributed by atoms with Crippen molar-refractivity contribution in [2.24, 2.45) is 0 Å². The molecule has 4 amide bonds. The second-order valence-electron chi connectivity index (χ2n) is 13.8. The summed E-state index contributed by atoms with van der Waals surface area (Å²) in [5, 5.41) is 5.75. The number of hydrogen-bond donors (Lipinski definition) is 4. The number of carbonyl (C=O) groups excluding carboxylic acids is 4. The van der Waals surface area contributed by atoms with E-state index >= 15 is 0 Å². The molecule has 2 aliphatic carbocycles. The van der Waals surface area contributed by atoms with Gasteiger partial charge in [0.2, 0.25) is 23.6 Å². The summed E-state index contributed by atoms with van der Waals surface area (Å²) >= 11 is 0. The van der Waals surface area contributed by atoms with Crippen LogP contribution in [0, 0.1) is 11.8 Å². The maximum atomic E-state index is 13.4. The molecule has 8 rings (SSSR count). The highest BCUT2D eigenvalue weighted by Gasteiger charge is 2.55. The van der Waals surface area contributed by atoms with Gasteiger partial charge in [0.05, 0.1) is 34.2 Å². The molecule has 4 N–H and O–H groups in total. The Morgan fingerprint density at radius 1 is 0.708 bits per heavy atom. The van der Waals surface area contributed by atoms with Crippen molar-refractivity contribution in [2.75, 3.05) is 13.1 Å². The molecule has 2 atom stereocenters. The van der Waals surface area contributed by atoms with E-state index in [1.54, 1.807) is 0 Å². The summed E-state index contributed by atoms with van der Waals surface area (Å²) in [5.41, 5.74) is 3.46. The van der Waals surface area contributed by atoms with Crippen LogP contribution in [0.4, 0.5) is 0 Å². The van der Waals surface area contributed by atoms with Gasteiger partial charge in [-0.1, -0.05) is 11.8 Å². The van der Waals surface area contributed by atoms with Gasteiger partial charge < -0.3 is 30.4 Å². The predicted octanol–water partition coefficient (Wildman–Crippen LogP) is 3.50. The van der Waals surface area contributed by atoms with Crippen molar-refractivity contribution < 1.29 is 19.2 Å². The molecule has 2 aliphatic heterocycles. The predicted molar refractivity (Wildman–Crippen MR) is 177 cm³/mol. The van der Waals surface area contributed by atoms with Crippen LogP contribution in [0.25, 0.3) is 22.1 Å². The van der Waals surface area contributed by atoms with Crippen LogP contribution < -0.4 is 10.6 Å². The van der Waals surface area contributed by atoms with Gasteiger partial charge in [-0.2, -0.15) is 0 Å². The Morgan fingerprint density at radius 2 is 1.12 bits per heavy atom. The van der Waals surface area contributed by atoms with E-state index in [1.165, 1.54) is 13.8 Å². The number of hydrogen-bond acceptors (Lipinski definition) is 6. The van der Waals surface area contributed by atoms with Crippen LogP contribution in [-0.2, 0) is 19.2 Å². The van der Waals surface area contributed by atoms with Gasteiger partial charge in [0.1, 0.15) is 22.7 Å². The molecule has 0 radical (unpaired) electrons. The standard InChI is InChI=1S/C36H38N8O4/c1-21(45)41-35(13-14-35)33(47)43-17-3-5-29(43)31-37-25-11-9-23(19-27(25)39-31)7-8-24-10-12-26-28(20-24)40-32(38-26)30-6-4-18-44(30)34(48)36(15-16-36)42-22(2)46/h9-12,19-20,29-30H,3-6,13-18H2,1-2H3,(H,37,39)(H,38,40)(H,41,45)(H,42,46)/t29-,30-/m0/s1. The first-order valence-corrected chi connectivity index (χ1v) is 16.8. The minimum Gasteiger partial charge on any atom is -0.342 e. The molecule has 0 spiro atoms. The lowest BCUT2D eigenvalue weighted by molar-refractivity contribution is -0.138. The van der Waals surface area contributed by atoms with Crippen molar-refractivity contribution in [2.45, 2.75) is 88.4 Å². The Morgan fingerprint density at radius 3 is 1.50 bits per heavy atom. The van der Waals surface area contributed by atoms with Gasteiger partial charge >= 0.3 is 0 Å². The largest absolute Gasteiger partial charge is 0.342 e. The lowest BCUT2D eigenvalue weighted by Gasteiger charge is -2.28. The lowest BCUT2D eigenvalue weighted by Crippen LogP contribution is -2.50. The van der Waals surface area contributed by atoms with Gasteiger partial charge in [0, 0.05) is 38.1 Å². The van der Waals surface area contributed by atoms with Gasteiger partial charge in [-0.3, -0.25) is 19.2 Å². The molecule has 4 aliphatic rings. The Bertz CT molecular complexity index is 1920. The van der Waals surface area contributed by atoms with Crippen molar-refractivity contribution >= 4 is 45.7 Å². The zero-order valence-corrected chi connectivity index (χ0v) is 27.1. The highest BCUT2D eigenvalue weighted by molar-refractivity contribution is 5.95. The number of aromatic nitrogens is 4. The van der Waals surface area contributed by atoms with E-state index in [1.807, 2.05) is 46.2 Å². The number of nitrogens with zero attached hydrogens (tertiary/aromatic N) is 4. The highest BCUT2D eigenvalue weighted by Crippen LogP contribution is 2.43. The fourth-order valence-electron chi connectivity index (χ4n) is 7.51. The second kappa shape index (κ2) is 11.2. The van der Waals surface area contributed by atoms with Gasteiger partial charge in [-0.15, -0.1) is 0 Å². The Kier molecular flexibility index (Phi) is 7.05. The van der Waals surface area contributed by atoms with Gasteiger partial charge in [0.15, 0.2) is 0 Å². The number of rotatable bonds is 6. The van der Waals surface area contributed by atoms with Crippen LogP contribution in [0.2, 0.25) is 0 Å². The summed E-state index contributed by atoms with van der Waals surface area (Å²) in [4.78, 5) is 70.6. The quantitative estimate of drug-likeness (QED) is 0.235. The number of carbonyl (C=O) groups is 4. The van der Waals surface area contributed by atoms with Crippen molar-refractivity contribution in [3.8, 4) is 11.8 Å². The molecule has 0 unspecified atom stereocenters. The summed E-state index contributed by atoms with van der Waals surface area (Å²) in [6.07, 6.45) is 6.10. The van der Waals surface area contributed by atoms with E-state index in [0.29, 0.717) is 38.8 Å². The number of imidazole rings is 2. The first kappa shape index (κ1) is 30.2. The van der Waals surface area contributed by atoms with E-state index in [2.05, 4.69) is 32.4 Å². The average molecular weight is 647 g/mol. The molecule has 2 saturated carbocycles. The molecule has 2 aromatic heterocycles. The van der Waals surface area contributed by atoms with Crippen LogP contribution in [0.15, 0.2) is 36.4 Å². The topological polar surface area (TPSA) is 156 Å². The lowest BCUT2D eigenvalue weighted by atomic mass is 10.1. The Balaban J connectivity index is 0.987. The maximum absolute atomic E-state index is 13.4. The minimum absolute atomic E-state index is 0.0177. The van der Waals surface area contributed by atoms with Crippen molar-refractivity contribution in [3.05, 3.63) is 59.2 Å². The molecule has 12 nitrogen and oxygen atoms in total. The SMILES string of the molecule is CC(=O)NC1(C(=O)N2CCC[C@H]2c2nc3cc(C#Cc4ccc5[nH]c([C@@H]6CCCN6C(=O)C6(NC(C)=O)CC6)nc5c4)ccc3[nH]2)CC1. The van der Waals surface area contributed by atoms with Gasteiger partial charge in [-0.25, -0.2) is 9.97 Å². The first-order chi connectivity index (χ1) is 23.1. The van der Waals surface area contributed by atoms with E-state index in [-0.39, 0.29) is 35.7 Å². The molecule has 4 heterocycles. The number of amides is 4. The van der Waals surface area contributed by atoms with E-state index in [4.69, 9.17) is 9.97 Å². The third-order valence-corrected chi connectivity index (χ3v) is 10.2. The number of aromatic amines is 2. The fourth-order valence-corrected chi connectivity index (χ4v) is 7.51. The maximum Gasteiger partial charge on any atom is 0.248 e. The average Bonchev–Trinajstić information content (AvgIpc) is 3.66. The van der Waals surface area contributed by atoms with Gasteiger partial charge in [0.25, 0.3) is 0 Å². The molecule has 0 bridgehead atoms. The van der Waals surface area contributed by atoms with Crippen LogP contribution in [0.1, 0.15) is 100 Å². The van der Waals surface area contributed by atoms with Crippen molar-refractivity contribution in [3.63, 3.8) is 0 Å². The van der Waals surface area contributed by atoms with Crippen molar-refractivity contribution in [1.29, 1.82) is 0 Å². The van der Waals surface area contributed by atoms with Crippen LogP contribution >= 0.6 is 0 Å². The molecule has 4 aromatic rings. The van der Waals surface area contributed by atoms with Crippen LogP contribution in [0.5, 0.6) is 0 Å². The molecular weight excluding hydrogens is 608 g/mol. The molecule has 12 heteroatoms. The molecule has 48 heavy (non-hydrogen) atoms. The summed E-state index contributed by atoms with van der Waals surface area (Å²) in [6.45, 7) is 4.21. The number of likely N-dealkylation sites (tertiary alicyclic amines) is 2. The smallest absolute Gasteiger partial charge is 0.248 e. The first-order valence-electron chi connectivity index (χ1n) is 16.8. The minimum atomic E-state index is -0.756. The monoisotopic (exact) mass is 646 g/mol. The summed E-state index contributed by atoms with van der Waals surface area (Å²) in [5.74, 6) is 7.63. The normalized spacial score (nSPS) is 22.0. The number of fused-ring (bicyclic) bond motifs is 2. The van der Waals surface area contributed by atoms with Crippen molar-refractivity contribution in [1.82, 2.24) is 40.4 Å². The Labute approximate surface area is 277 Å². The molecular formula is C36H38N8O4. The summed E-state index contributed by atoms with van der Waals surface area (Å²) in [7, 11) is 0. The molecule has 2 aromatic carbocycles. The van der Waals surface area contributed by atoms with E-state index in [0.717, 1.165) is 70.5 Å². The van der Waals surface area contributed by atoms with Crippen LogP contribution in [0.3, 0.4) is 0 Å². The number of nitrogens with one attached hydrogen (secondary N) is 4. The Hall–Kier alpha value is -5.18. The highest BCUT2D eigenvalue weighted by atomic mass is 16.2. The molecule has 246 valence electrons. The van der Waals surface area contributed by atoms with Crippen LogP contribution in [-0.4, -0.2) is 77.5 Å².